The Labute approximate surface area is 104 Å². The molecule has 2 atom stereocenters. The van der Waals surface area contributed by atoms with Crippen LogP contribution in [0, 0.1) is 0 Å². The number of aromatic nitrogens is 1. The Morgan fingerprint density at radius 1 is 1.61 bits per heavy atom. The number of hydrogen-bond donors (Lipinski definition) is 3. The van der Waals surface area contributed by atoms with E-state index in [0.717, 1.165) is 6.66 Å². The van der Waals surface area contributed by atoms with E-state index in [9.17, 15) is 9.36 Å². The average Bonchev–Trinajstić information content (AvgIpc) is 2.25. The number of hydrogen-bond acceptors (Lipinski definition) is 5. The van der Waals surface area contributed by atoms with Crippen molar-refractivity contribution >= 4 is 13.1 Å². The molecule has 0 aliphatic carbocycles. The molecule has 0 saturated heterocycles. The number of aliphatic hydroxyl groups is 1. The standard InChI is InChI=1S/C10H17N2O5P/c1-18(15,16)7-17-9(6-13)5-12-3-2-8(11)4-10(12)14/h2-4,9,13H,5-7,11H2,1H3,(H,15,16). The van der Waals surface area contributed by atoms with Crippen LogP contribution in [0.25, 0.3) is 0 Å². The van der Waals surface area contributed by atoms with E-state index >= 15 is 0 Å². The Balaban J connectivity index is 2.68. The zero-order valence-corrected chi connectivity index (χ0v) is 10.9. The summed E-state index contributed by atoms with van der Waals surface area (Å²) < 4.78 is 17.5. The van der Waals surface area contributed by atoms with E-state index < -0.39 is 13.5 Å². The summed E-state index contributed by atoms with van der Waals surface area (Å²) in [5, 5.41) is 9.09. The van der Waals surface area contributed by atoms with Crippen LogP contribution in [0.5, 0.6) is 0 Å². The van der Waals surface area contributed by atoms with E-state index in [0.29, 0.717) is 5.69 Å². The van der Waals surface area contributed by atoms with Crippen LogP contribution in [0.1, 0.15) is 0 Å². The summed E-state index contributed by atoms with van der Waals surface area (Å²) in [5.41, 5.74) is 5.48. The maximum atomic E-state index is 11.5. The van der Waals surface area contributed by atoms with Crippen molar-refractivity contribution in [2.45, 2.75) is 12.6 Å². The molecule has 0 amide bonds. The molecule has 0 aromatic carbocycles. The van der Waals surface area contributed by atoms with Crippen LogP contribution in [-0.4, -0.2) is 40.3 Å². The highest BCUT2D eigenvalue weighted by Gasteiger charge is 2.16. The Kier molecular flexibility index (Phi) is 5.10. The van der Waals surface area contributed by atoms with Gasteiger partial charge in [0.1, 0.15) is 6.35 Å². The van der Waals surface area contributed by atoms with Gasteiger partial charge in [0.15, 0.2) is 0 Å². The SMILES string of the molecule is CP(=O)(O)COC(CO)Cn1ccc(N)cc1=O. The summed E-state index contributed by atoms with van der Waals surface area (Å²) in [4.78, 5) is 20.6. The van der Waals surface area contributed by atoms with Crippen molar-refractivity contribution in [2.24, 2.45) is 0 Å². The zero-order valence-electron chi connectivity index (χ0n) is 10.0. The first kappa shape index (κ1) is 14.9. The van der Waals surface area contributed by atoms with Gasteiger partial charge in [-0.2, -0.15) is 0 Å². The maximum Gasteiger partial charge on any atom is 0.252 e. The highest BCUT2D eigenvalue weighted by Crippen LogP contribution is 2.35. The summed E-state index contributed by atoms with van der Waals surface area (Å²) in [6, 6.07) is 2.80. The average molecular weight is 276 g/mol. The number of rotatable bonds is 6. The van der Waals surface area contributed by atoms with Crippen molar-refractivity contribution in [2.75, 3.05) is 25.4 Å². The smallest absolute Gasteiger partial charge is 0.252 e. The molecule has 1 aromatic heterocycles. The van der Waals surface area contributed by atoms with E-state index in [1.165, 1.54) is 16.8 Å². The van der Waals surface area contributed by atoms with Gasteiger partial charge < -0.3 is 25.0 Å². The van der Waals surface area contributed by atoms with Crippen molar-refractivity contribution < 1.29 is 19.3 Å². The third-order valence-corrected chi connectivity index (χ3v) is 2.80. The number of aliphatic hydroxyl groups excluding tert-OH is 1. The van der Waals surface area contributed by atoms with Gasteiger partial charge in [-0.15, -0.1) is 0 Å². The highest BCUT2D eigenvalue weighted by molar-refractivity contribution is 7.56. The molecule has 1 aromatic rings. The summed E-state index contributed by atoms with van der Waals surface area (Å²) in [7, 11) is -3.30. The number of ether oxygens (including phenoxy) is 1. The van der Waals surface area contributed by atoms with Gasteiger partial charge in [0.2, 0.25) is 7.37 Å². The van der Waals surface area contributed by atoms with Gasteiger partial charge in [0.05, 0.1) is 19.3 Å². The van der Waals surface area contributed by atoms with Crippen LogP contribution in [0.15, 0.2) is 23.1 Å². The molecule has 4 N–H and O–H groups in total. The number of anilines is 1. The van der Waals surface area contributed by atoms with Crippen LogP contribution >= 0.6 is 7.37 Å². The molecule has 0 spiro atoms. The van der Waals surface area contributed by atoms with Crippen molar-refractivity contribution in [1.82, 2.24) is 4.57 Å². The fourth-order valence-electron chi connectivity index (χ4n) is 1.30. The van der Waals surface area contributed by atoms with Crippen molar-refractivity contribution in [1.29, 1.82) is 0 Å². The molecule has 18 heavy (non-hydrogen) atoms. The van der Waals surface area contributed by atoms with Crippen LogP contribution in [0.4, 0.5) is 5.69 Å². The monoisotopic (exact) mass is 276 g/mol. The molecule has 0 saturated carbocycles. The lowest BCUT2D eigenvalue weighted by Crippen LogP contribution is -2.30. The van der Waals surface area contributed by atoms with Crippen molar-refractivity contribution in [3.8, 4) is 0 Å². The lowest BCUT2D eigenvalue weighted by Gasteiger charge is -2.17. The zero-order chi connectivity index (χ0) is 13.8. The highest BCUT2D eigenvalue weighted by atomic mass is 31.2. The minimum absolute atomic E-state index is 0.0929. The molecule has 0 fully saturated rings. The fourth-order valence-corrected chi connectivity index (χ4v) is 1.79. The van der Waals surface area contributed by atoms with E-state index in [-0.39, 0.29) is 25.1 Å². The van der Waals surface area contributed by atoms with Gasteiger partial charge in [-0.3, -0.25) is 9.36 Å². The molecule has 0 radical (unpaired) electrons. The molecule has 8 heteroatoms. The second-order valence-electron chi connectivity index (χ2n) is 4.10. The molecular weight excluding hydrogens is 259 g/mol. The number of nitrogen functional groups attached to an aromatic ring is 1. The second kappa shape index (κ2) is 6.15. The molecule has 102 valence electrons. The molecule has 1 rings (SSSR count). The summed E-state index contributed by atoms with van der Waals surface area (Å²) in [6.07, 6.45) is 0.405. The molecule has 7 nitrogen and oxygen atoms in total. The third kappa shape index (κ3) is 5.01. The van der Waals surface area contributed by atoms with Gasteiger partial charge in [0, 0.05) is 24.6 Å². The first-order chi connectivity index (χ1) is 8.31. The number of nitrogens with two attached hydrogens (primary N) is 1. The summed E-state index contributed by atoms with van der Waals surface area (Å²) in [5.74, 6) is 0. The van der Waals surface area contributed by atoms with Crippen LogP contribution in [0.2, 0.25) is 0 Å². The summed E-state index contributed by atoms with van der Waals surface area (Å²) in [6.45, 7) is 0.906. The third-order valence-electron chi connectivity index (χ3n) is 2.17. The first-order valence-electron chi connectivity index (χ1n) is 5.29. The van der Waals surface area contributed by atoms with Gasteiger partial charge in [-0.25, -0.2) is 0 Å². The molecule has 0 aliphatic heterocycles. The van der Waals surface area contributed by atoms with Crippen molar-refractivity contribution in [3.05, 3.63) is 28.7 Å². The predicted octanol–water partition coefficient (Wildman–Crippen LogP) is -0.334. The van der Waals surface area contributed by atoms with Gasteiger partial charge in [0.25, 0.3) is 5.56 Å². The lowest BCUT2D eigenvalue weighted by molar-refractivity contribution is 0.0227. The second-order valence-corrected chi connectivity index (χ2v) is 6.46. The van der Waals surface area contributed by atoms with E-state index in [1.807, 2.05) is 0 Å². The maximum absolute atomic E-state index is 11.5. The molecule has 0 aliphatic rings. The Morgan fingerprint density at radius 3 is 2.78 bits per heavy atom. The normalized spacial score (nSPS) is 16.2. The minimum Gasteiger partial charge on any atom is -0.399 e. The topological polar surface area (TPSA) is 115 Å². The molecule has 2 unspecified atom stereocenters. The predicted molar refractivity (Wildman–Crippen MR) is 67.7 cm³/mol. The number of nitrogens with zero attached hydrogens (tertiary/aromatic N) is 1. The largest absolute Gasteiger partial charge is 0.399 e. The number of pyridine rings is 1. The molecule has 0 bridgehead atoms. The van der Waals surface area contributed by atoms with Gasteiger partial charge in [-0.1, -0.05) is 0 Å². The fraction of sp³-hybridized carbons (Fsp3) is 0.500. The van der Waals surface area contributed by atoms with E-state index in [1.54, 1.807) is 6.07 Å². The Bertz CT molecular complexity index is 495. The lowest BCUT2D eigenvalue weighted by atomic mass is 10.3. The quantitative estimate of drug-likeness (QED) is 0.613. The van der Waals surface area contributed by atoms with E-state index in [2.05, 4.69) is 0 Å². The van der Waals surface area contributed by atoms with Crippen molar-refractivity contribution in [3.63, 3.8) is 0 Å². The first-order valence-corrected chi connectivity index (χ1v) is 7.59. The minimum atomic E-state index is -3.30. The van der Waals surface area contributed by atoms with Crippen LogP contribution in [0.3, 0.4) is 0 Å². The van der Waals surface area contributed by atoms with Gasteiger partial charge in [-0.05, 0) is 6.07 Å². The summed E-state index contributed by atoms with van der Waals surface area (Å²) >= 11 is 0. The van der Waals surface area contributed by atoms with Crippen LogP contribution < -0.4 is 11.3 Å². The van der Waals surface area contributed by atoms with E-state index in [4.69, 9.17) is 20.5 Å². The Hall–Kier alpha value is -1.14. The molecular formula is C10H17N2O5P. The van der Waals surface area contributed by atoms with Crippen LogP contribution in [-0.2, 0) is 15.8 Å². The van der Waals surface area contributed by atoms with Gasteiger partial charge >= 0.3 is 0 Å². The molecule has 1 heterocycles. The Morgan fingerprint density at radius 2 is 2.28 bits per heavy atom.